The molecule has 60 valence electrons. The molecule has 11 heavy (non-hydrogen) atoms. The third-order valence-corrected chi connectivity index (χ3v) is 0.934. The first kappa shape index (κ1) is 9.66. The van der Waals surface area contributed by atoms with Gasteiger partial charge in [-0.2, -0.15) is 0 Å². The molecule has 0 rings (SSSR count). The zero-order chi connectivity index (χ0) is 8.69. The Kier molecular flexibility index (Phi) is 4.78. The highest BCUT2D eigenvalue weighted by Crippen LogP contribution is 1.96. The van der Waals surface area contributed by atoms with Crippen molar-refractivity contribution in [3.8, 4) is 6.57 Å². The molecule has 0 amide bonds. The summed E-state index contributed by atoms with van der Waals surface area (Å²) in [7, 11) is 2.94. The van der Waals surface area contributed by atoms with Gasteiger partial charge in [0.05, 0.1) is 25.5 Å². The summed E-state index contributed by atoms with van der Waals surface area (Å²) in [5, 5.41) is 7.23. The van der Waals surface area contributed by atoms with Crippen molar-refractivity contribution in [2.45, 2.75) is 0 Å². The Labute approximate surface area is 65.8 Å². The van der Waals surface area contributed by atoms with Gasteiger partial charge in [-0.3, -0.25) is 0 Å². The second-order valence-electron chi connectivity index (χ2n) is 1.77. The van der Waals surface area contributed by atoms with E-state index in [1.165, 1.54) is 20.3 Å². The Morgan fingerprint density at radius 1 is 1.64 bits per heavy atom. The van der Waals surface area contributed by atoms with Gasteiger partial charge in [0.2, 0.25) is 0 Å². The van der Waals surface area contributed by atoms with E-state index in [2.05, 4.69) is 14.3 Å². The summed E-state index contributed by atoms with van der Waals surface area (Å²) >= 11 is 0. The van der Waals surface area contributed by atoms with Gasteiger partial charge < -0.3 is 14.9 Å². The minimum Gasteiger partial charge on any atom is -0.434 e. The molecular formula is C7H11N2O2+. The molecule has 0 aliphatic carbocycles. The van der Waals surface area contributed by atoms with Crippen LogP contribution < -0.4 is 0 Å². The summed E-state index contributed by atoms with van der Waals surface area (Å²) in [5.74, 6) is 0.215. The van der Waals surface area contributed by atoms with Gasteiger partial charge in [-0.25, -0.2) is 0 Å². The van der Waals surface area contributed by atoms with E-state index in [4.69, 9.17) is 12.0 Å². The molecule has 0 saturated heterocycles. The summed E-state index contributed by atoms with van der Waals surface area (Å²) in [6.07, 6.45) is 1.39. The van der Waals surface area contributed by atoms with E-state index in [1.54, 1.807) is 0 Å². The van der Waals surface area contributed by atoms with Gasteiger partial charge in [-0.1, -0.05) is 0 Å². The first-order chi connectivity index (χ1) is 5.24. The summed E-state index contributed by atoms with van der Waals surface area (Å²) < 4.78 is 9.38. The SMILES string of the molecule is C#[N+]/C(=C\C(=N)COC)OC. The number of hydrogen-bond acceptors (Lipinski definition) is 3. The number of hydrogen-bond donors (Lipinski definition) is 1. The normalized spacial score (nSPS) is 10.5. The van der Waals surface area contributed by atoms with Gasteiger partial charge in [0, 0.05) is 12.0 Å². The van der Waals surface area contributed by atoms with E-state index in [0.29, 0.717) is 0 Å². The van der Waals surface area contributed by atoms with E-state index in [-0.39, 0.29) is 18.2 Å². The highest BCUT2D eigenvalue weighted by Gasteiger charge is 2.05. The van der Waals surface area contributed by atoms with Crippen LogP contribution in [0.1, 0.15) is 0 Å². The molecular weight excluding hydrogens is 144 g/mol. The van der Waals surface area contributed by atoms with E-state index in [9.17, 15) is 0 Å². The maximum absolute atomic E-state index is 7.23. The predicted molar refractivity (Wildman–Crippen MR) is 43.0 cm³/mol. The zero-order valence-corrected chi connectivity index (χ0v) is 6.63. The van der Waals surface area contributed by atoms with E-state index in [1.807, 2.05) is 0 Å². The van der Waals surface area contributed by atoms with Crippen LogP contribution in [-0.2, 0) is 9.47 Å². The summed E-state index contributed by atoms with van der Waals surface area (Å²) in [6, 6.07) is 0. The molecule has 0 saturated carbocycles. The van der Waals surface area contributed by atoms with Gasteiger partial charge in [0.15, 0.2) is 0 Å². The fourth-order valence-corrected chi connectivity index (χ4v) is 0.495. The van der Waals surface area contributed by atoms with Crippen molar-refractivity contribution in [1.82, 2.24) is 0 Å². The summed E-state index contributed by atoms with van der Waals surface area (Å²) in [6.45, 7) is 5.15. The molecule has 4 heteroatoms. The van der Waals surface area contributed by atoms with Crippen molar-refractivity contribution < 1.29 is 9.47 Å². The molecule has 0 radical (unpaired) electrons. The van der Waals surface area contributed by atoms with E-state index < -0.39 is 0 Å². The van der Waals surface area contributed by atoms with Crippen molar-refractivity contribution in [3.05, 3.63) is 16.8 Å². The number of nitrogens with one attached hydrogen (secondary N) is 1. The van der Waals surface area contributed by atoms with Crippen molar-refractivity contribution in [2.75, 3.05) is 20.8 Å². The van der Waals surface area contributed by atoms with Crippen LogP contribution in [0, 0.1) is 12.0 Å². The second-order valence-corrected chi connectivity index (χ2v) is 1.77. The average molecular weight is 155 g/mol. The lowest BCUT2D eigenvalue weighted by molar-refractivity contribution is 0.244. The molecule has 0 unspecified atom stereocenters. The topological polar surface area (TPSA) is 46.7 Å². The molecule has 0 aromatic carbocycles. The third kappa shape index (κ3) is 4.12. The first-order valence-corrected chi connectivity index (χ1v) is 2.97. The Hall–Kier alpha value is -1.34. The van der Waals surface area contributed by atoms with Crippen LogP contribution >= 0.6 is 0 Å². The minimum absolute atomic E-state index is 0.215. The molecule has 0 aliphatic rings. The number of rotatable bonds is 4. The average Bonchev–Trinajstić information content (AvgIpc) is 2.01. The molecule has 0 aromatic rings. The van der Waals surface area contributed by atoms with Crippen LogP contribution in [0.3, 0.4) is 0 Å². The van der Waals surface area contributed by atoms with Crippen molar-refractivity contribution >= 4 is 5.71 Å². The van der Waals surface area contributed by atoms with Crippen LogP contribution in [-0.4, -0.2) is 26.5 Å². The van der Waals surface area contributed by atoms with Crippen LogP contribution in [0.25, 0.3) is 4.85 Å². The summed E-state index contributed by atoms with van der Waals surface area (Å²) in [4.78, 5) is 3.27. The largest absolute Gasteiger partial charge is 0.501 e. The van der Waals surface area contributed by atoms with Gasteiger partial charge in [0.25, 0.3) is 6.57 Å². The fraction of sp³-hybridized carbons (Fsp3) is 0.429. The van der Waals surface area contributed by atoms with E-state index >= 15 is 0 Å². The molecule has 0 heterocycles. The highest BCUT2D eigenvalue weighted by atomic mass is 16.5. The maximum Gasteiger partial charge on any atom is 0.501 e. The third-order valence-electron chi connectivity index (χ3n) is 0.934. The second kappa shape index (κ2) is 5.45. The first-order valence-electron chi connectivity index (χ1n) is 2.97. The fourth-order valence-electron chi connectivity index (χ4n) is 0.495. The van der Waals surface area contributed by atoms with E-state index in [0.717, 1.165) is 0 Å². The molecule has 0 aromatic heterocycles. The highest BCUT2D eigenvalue weighted by molar-refractivity contribution is 5.93. The molecule has 0 spiro atoms. The summed E-state index contributed by atoms with van der Waals surface area (Å²) in [5.41, 5.74) is 0.263. The smallest absolute Gasteiger partial charge is 0.434 e. The molecule has 0 aliphatic heterocycles. The quantitative estimate of drug-likeness (QED) is 0.488. The Morgan fingerprint density at radius 2 is 2.27 bits per heavy atom. The van der Waals surface area contributed by atoms with Gasteiger partial charge in [0.1, 0.15) is 0 Å². The molecule has 0 bridgehead atoms. The van der Waals surface area contributed by atoms with Crippen LogP contribution in [0.5, 0.6) is 0 Å². The molecule has 1 N–H and O–H groups in total. The lowest BCUT2D eigenvalue weighted by Crippen LogP contribution is -2.02. The van der Waals surface area contributed by atoms with Crippen LogP contribution in [0.2, 0.25) is 0 Å². The number of nitrogens with zero attached hydrogens (tertiary/aromatic N) is 1. The van der Waals surface area contributed by atoms with Crippen molar-refractivity contribution in [3.63, 3.8) is 0 Å². The maximum atomic E-state index is 7.23. The van der Waals surface area contributed by atoms with Crippen molar-refractivity contribution in [1.29, 1.82) is 5.41 Å². The monoisotopic (exact) mass is 155 g/mol. The predicted octanol–water partition coefficient (Wildman–Crippen LogP) is 1.10. The van der Waals surface area contributed by atoms with Crippen molar-refractivity contribution in [2.24, 2.45) is 0 Å². The Balaban J connectivity index is 4.07. The lowest BCUT2D eigenvalue weighted by Gasteiger charge is -1.92. The number of methoxy groups -OCH3 is 2. The zero-order valence-electron chi connectivity index (χ0n) is 6.63. The lowest BCUT2D eigenvalue weighted by atomic mass is 10.4. The number of ether oxygens (including phenoxy) is 2. The van der Waals surface area contributed by atoms with Gasteiger partial charge in [-0.15, -0.1) is 0 Å². The van der Waals surface area contributed by atoms with Gasteiger partial charge in [-0.05, 0) is 0 Å². The van der Waals surface area contributed by atoms with Crippen LogP contribution in [0.4, 0.5) is 0 Å². The van der Waals surface area contributed by atoms with Gasteiger partial charge >= 0.3 is 5.88 Å². The molecule has 0 atom stereocenters. The Bertz CT molecular complexity index is 203. The molecule has 4 nitrogen and oxygen atoms in total. The Morgan fingerprint density at radius 3 is 2.64 bits per heavy atom. The molecule has 0 fully saturated rings. The van der Waals surface area contributed by atoms with Crippen LogP contribution in [0.15, 0.2) is 12.0 Å². The minimum atomic E-state index is 0.215. The standard InChI is InChI=1S/C7H11N2O2/c1-9-7(11-3)4-6(8)5-10-2/h1,4,8H,5H2,2-3H3/q+1/b7-4+,8-6?.